The standard InChI is InChI=1S/C21H16N2O3/c24-23(25)18-13-11-17(12-14-18)21-22-19(15-7-3-1-4-8-15)20(26-21)16-9-5-2-6-10-16/h1-14,19-20H/t19-,20-/m0/s1. The van der Waals surface area contributed by atoms with E-state index in [2.05, 4.69) is 0 Å². The molecule has 3 aromatic carbocycles. The van der Waals surface area contributed by atoms with Crippen LogP contribution >= 0.6 is 0 Å². The third-order valence-corrected chi connectivity index (χ3v) is 4.38. The molecule has 5 heteroatoms. The van der Waals surface area contributed by atoms with Crippen molar-refractivity contribution in [3.05, 3.63) is 112 Å². The fourth-order valence-electron chi connectivity index (χ4n) is 3.07. The summed E-state index contributed by atoms with van der Waals surface area (Å²) < 4.78 is 6.18. The maximum absolute atomic E-state index is 10.9. The highest BCUT2D eigenvalue weighted by atomic mass is 16.6. The SMILES string of the molecule is O=[N+]([O-])c1ccc(C2=N[C@@H](c3ccccc3)[C@H](c3ccccc3)O2)cc1. The van der Waals surface area contributed by atoms with Crippen LogP contribution in [0.3, 0.4) is 0 Å². The Bertz CT molecular complexity index is 938. The van der Waals surface area contributed by atoms with Gasteiger partial charge in [-0.2, -0.15) is 0 Å². The summed E-state index contributed by atoms with van der Waals surface area (Å²) in [6, 6.07) is 26.1. The van der Waals surface area contributed by atoms with Crippen molar-refractivity contribution in [2.24, 2.45) is 4.99 Å². The van der Waals surface area contributed by atoms with Crippen LogP contribution in [-0.4, -0.2) is 10.8 Å². The van der Waals surface area contributed by atoms with Crippen molar-refractivity contribution >= 4 is 11.6 Å². The summed E-state index contributed by atoms with van der Waals surface area (Å²) in [5, 5.41) is 10.9. The number of nitro benzene ring substituents is 1. The number of ether oxygens (including phenoxy) is 1. The van der Waals surface area contributed by atoms with Crippen LogP contribution < -0.4 is 0 Å². The second kappa shape index (κ2) is 6.80. The van der Waals surface area contributed by atoms with Gasteiger partial charge in [-0.15, -0.1) is 0 Å². The Morgan fingerprint density at radius 1 is 0.808 bits per heavy atom. The third-order valence-electron chi connectivity index (χ3n) is 4.38. The predicted octanol–water partition coefficient (Wildman–Crippen LogP) is 4.85. The van der Waals surface area contributed by atoms with Crippen LogP contribution in [0.25, 0.3) is 0 Å². The number of benzene rings is 3. The fraction of sp³-hybridized carbons (Fsp3) is 0.0952. The quantitative estimate of drug-likeness (QED) is 0.502. The van der Waals surface area contributed by atoms with Gasteiger partial charge in [-0.3, -0.25) is 10.1 Å². The average molecular weight is 344 g/mol. The first kappa shape index (κ1) is 16.0. The molecule has 0 unspecified atom stereocenters. The van der Waals surface area contributed by atoms with Gasteiger partial charge in [0.15, 0.2) is 6.10 Å². The van der Waals surface area contributed by atoms with Crippen LogP contribution in [0, 0.1) is 10.1 Å². The Labute approximate surface area is 150 Å². The van der Waals surface area contributed by atoms with E-state index in [1.54, 1.807) is 12.1 Å². The van der Waals surface area contributed by atoms with Gasteiger partial charge < -0.3 is 4.74 Å². The minimum absolute atomic E-state index is 0.0477. The fourth-order valence-corrected chi connectivity index (χ4v) is 3.07. The van der Waals surface area contributed by atoms with Crippen molar-refractivity contribution in [1.29, 1.82) is 0 Å². The van der Waals surface area contributed by atoms with Gasteiger partial charge in [0.05, 0.1) is 4.92 Å². The summed E-state index contributed by atoms with van der Waals surface area (Å²) in [6.07, 6.45) is -0.233. The third kappa shape index (κ3) is 3.07. The van der Waals surface area contributed by atoms with Gasteiger partial charge in [0.2, 0.25) is 5.90 Å². The van der Waals surface area contributed by atoms with E-state index in [0.717, 1.165) is 16.7 Å². The number of nitrogens with zero attached hydrogens (tertiary/aromatic N) is 2. The molecule has 0 fully saturated rings. The predicted molar refractivity (Wildman–Crippen MR) is 99.1 cm³/mol. The molecule has 0 aromatic heterocycles. The lowest BCUT2D eigenvalue weighted by Crippen LogP contribution is -2.09. The van der Waals surface area contributed by atoms with E-state index in [1.807, 2.05) is 60.7 Å². The zero-order valence-corrected chi connectivity index (χ0v) is 13.9. The Balaban J connectivity index is 1.71. The molecule has 26 heavy (non-hydrogen) atoms. The van der Waals surface area contributed by atoms with Crippen LogP contribution in [0.5, 0.6) is 0 Å². The molecule has 4 rings (SSSR count). The summed E-state index contributed by atoms with van der Waals surface area (Å²) in [5.41, 5.74) is 2.89. The highest BCUT2D eigenvalue weighted by Gasteiger charge is 2.34. The number of nitro groups is 1. The Kier molecular flexibility index (Phi) is 4.19. The van der Waals surface area contributed by atoms with Crippen molar-refractivity contribution in [1.82, 2.24) is 0 Å². The van der Waals surface area contributed by atoms with Gasteiger partial charge in [0, 0.05) is 17.7 Å². The molecule has 1 heterocycles. The normalized spacial score (nSPS) is 18.8. The van der Waals surface area contributed by atoms with E-state index in [9.17, 15) is 10.1 Å². The molecular weight excluding hydrogens is 328 g/mol. The molecule has 2 atom stereocenters. The molecule has 0 amide bonds. The Morgan fingerprint density at radius 2 is 1.38 bits per heavy atom. The molecule has 0 spiro atoms. The molecule has 1 aliphatic heterocycles. The van der Waals surface area contributed by atoms with Gasteiger partial charge in [0.25, 0.3) is 5.69 Å². The van der Waals surface area contributed by atoms with Gasteiger partial charge in [-0.25, -0.2) is 4.99 Å². The lowest BCUT2D eigenvalue weighted by atomic mass is 9.97. The van der Waals surface area contributed by atoms with Crippen molar-refractivity contribution < 1.29 is 9.66 Å². The smallest absolute Gasteiger partial charge is 0.269 e. The minimum atomic E-state index is -0.416. The Hall–Kier alpha value is -3.47. The summed E-state index contributed by atoms with van der Waals surface area (Å²) in [5.74, 6) is 0.502. The molecule has 128 valence electrons. The van der Waals surface area contributed by atoms with Crippen molar-refractivity contribution in [2.75, 3.05) is 0 Å². The molecule has 3 aromatic rings. The second-order valence-electron chi connectivity index (χ2n) is 6.04. The largest absolute Gasteiger partial charge is 0.467 e. The monoisotopic (exact) mass is 344 g/mol. The summed E-state index contributed by atoms with van der Waals surface area (Å²) in [6.45, 7) is 0. The van der Waals surface area contributed by atoms with Gasteiger partial charge >= 0.3 is 0 Å². The Morgan fingerprint density at radius 3 is 1.96 bits per heavy atom. The molecule has 0 aliphatic carbocycles. The van der Waals surface area contributed by atoms with E-state index >= 15 is 0 Å². The molecule has 5 nitrogen and oxygen atoms in total. The van der Waals surface area contributed by atoms with E-state index in [-0.39, 0.29) is 17.8 Å². The molecule has 0 N–H and O–H groups in total. The molecule has 0 saturated carbocycles. The van der Waals surface area contributed by atoms with Crippen LogP contribution in [0.4, 0.5) is 5.69 Å². The molecule has 0 saturated heterocycles. The molecule has 1 aliphatic rings. The average Bonchev–Trinajstić information content (AvgIpc) is 3.15. The lowest BCUT2D eigenvalue weighted by Gasteiger charge is -2.18. The zero-order valence-electron chi connectivity index (χ0n) is 13.9. The van der Waals surface area contributed by atoms with E-state index in [0.29, 0.717) is 5.90 Å². The highest BCUT2D eigenvalue weighted by Crippen LogP contribution is 2.41. The van der Waals surface area contributed by atoms with E-state index < -0.39 is 4.92 Å². The first-order chi connectivity index (χ1) is 12.7. The minimum Gasteiger partial charge on any atom is -0.467 e. The number of hydrogen-bond donors (Lipinski definition) is 0. The molecule has 0 bridgehead atoms. The van der Waals surface area contributed by atoms with Crippen LogP contribution in [0.15, 0.2) is 89.9 Å². The van der Waals surface area contributed by atoms with E-state index in [4.69, 9.17) is 9.73 Å². The van der Waals surface area contributed by atoms with Gasteiger partial charge in [0.1, 0.15) is 6.04 Å². The summed E-state index contributed by atoms with van der Waals surface area (Å²) >= 11 is 0. The summed E-state index contributed by atoms with van der Waals surface area (Å²) in [7, 11) is 0. The maximum atomic E-state index is 10.9. The van der Waals surface area contributed by atoms with Crippen LogP contribution in [0.1, 0.15) is 28.8 Å². The highest BCUT2D eigenvalue weighted by molar-refractivity contribution is 5.95. The first-order valence-electron chi connectivity index (χ1n) is 8.31. The van der Waals surface area contributed by atoms with Crippen LogP contribution in [0.2, 0.25) is 0 Å². The topological polar surface area (TPSA) is 64.7 Å². The van der Waals surface area contributed by atoms with Crippen molar-refractivity contribution in [3.8, 4) is 0 Å². The maximum Gasteiger partial charge on any atom is 0.269 e. The van der Waals surface area contributed by atoms with Gasteiger partial charge in [-0.1, -0.05) is 60.7 Å². The zero-order chi connectivity index (χ0) is 17.9. The van der Waals surface area contributed by atoms with E-state index in [1.165, 1.54) is 12.1 Å². The number of hydrogen-bond acceptors (Lipinski definition) is 4. The second-order valence-corrected chi connectivity index (χ2v) is 6.04. The molecule has 0 radical (unpaired) electrons. The van der Waals surface area contributed by atoms with Crippen LogP contribution in [-0.2, 0) is 4.74 Å². The van der Waals surface area contributed by atoms with Crippen molar-refractivity contribution in [3.63, 3.8) is 0 Å². The van der Waals surface area contributed by atoms with Crippen molar-refractivity contribution in [2.45, 2.75) is 12.1 Å². The number of aliphatic imine (C=N–C) groups is 1. The van der Waals surface area contributed by atoms with Gasteiger partial charge in [-0.05, 0) is 23.3 Å². The lowest BCUT2D eigenvalue weighted by molar-refractivity contribution is -0.384. The molecular formula is C21H16N2O3. The number of rotatable bonds is 4. The number of non-ortho nitro benzene ring substituents is 1. The summed E-state index contributed by atoms with van der Waals surface area (Å²) in [4.78, 5) is 15.2. The first-order valence-corrected chi connectivity index (χ1v) is 8.31.